The molecule has 2 aromatic heterocycles. The quantitative estimate of drug-likeness (QED) is 0.0728. The highest BCUT2D eigenvalue weighted by atomic mass is 16.6. The Morgan fingerprint density at radius 3 is 1.18 bits per heavy atom. The topological polar surface area (TPSA) is 99.6 Å². The van der Waals surface area contributed by atoms with Crippen LogP contribution in [0.1, 0.15) is 17.5 Å². The summed E-state index contributed by atoms with van der Waals surface area (Å²) in [5, 5.41) is 0. The van der Waals surface area contributed by atoms with Crippen LogP contribution in [0.2, 0.25) is 0 Å². The van der Waals surface area contributed by atoms with Crippen molar-refractivity contribution in [2.24, 2.45) is 0 Å². The molecular formula is C41H48N2O8. The summed E-state index contributed by atoms with van der Waals surface area (Å²) in [5.74, 6) is 1.46. The Balaban J connectivity index is 1.09. The van der Waals surface area contributed by atoms with E-state index >= 15 is 0 Å². The summed E-state index contributed by atoms with van der Waals surface area (Å²) in [6, 6.07) is 21.2. The Hall–Kier alpha value is -4.42. The summed E-state index contributed by atoms with van der Waals surface area (Å²) >= 11 is 0. The van der Waals surface area contributed by atoms with E-state index in [0.29, 0.717) is 79.3 Å². The van der Waals surface area contributed by atoms with Crippen LogP contribution < -0.4 is 9.47 Å². The Morgan fingerprint density at radius 2 is 0.784 bits per heavy atom. The van der Waals surface area contributed by atoms with Crippen molar-refractivity contribution in [2.75, 3.05) is 93.5 Å². The van der Waals surface area contributed by atoms with E-state index in [1.165, 1.54) is 22.3 Å². The maximum absolute atomic E-state index is 6.03. The van der Waals surface area contributed by atoms with Crippen LogP contribution in [0, 0.1) is 0 Å². The SMILES string of the molecule is COCCOCCOCCOc1cnccc1-c1ccc(C2=CC=C(c3ccc(-c4ccncc4OCCOCCOCCOC)cc3)C2)cc1. The summed E-state index contributed by atoms with van der Waals surface area (Å²) in [7, 11) is 3.31. The van der Waals surface area contributed by atoms with Crippen LogP contribution in [0.25, 0.3) is 33.4 Å². The van der Waals surface area contributed by atoms with Gasteiger partial charge in [-0.05, 0) is 52.0 Å². The number of nitrogens with zero attached hydrogens (tertiary/aromatic N) is 2. The molecule has 0 N–H and O–H groups in total. The molecule has 4 aromatic rings. The summed E-state index contributed by atoms with van der Waals surface area (Å²) in [6.07, 6.45) is 12.4. The van der Waals surface area contributed by atoms with Crippen LogP contribution in [0.15, 0.2) is 97.6 Å². The maximum Gasteiger partial charge on any atom is 0.145 e. The molecule has 0 fully saturated rings. The highest BCUT2D eigenvalue weighted by Crippen LogP contribution is 2.37. The molecule has 2 aromatic carbocycles. The Morgan fingerprint density at radius 1 is 0.431 bits per heavy atom. The minimum atomic E-state index is 0.428. The molecule has 51 heavy (non-hydrogen) atoms. The first kappa shape index (κ1) is 37.8. The number of hydrogen-bond acceptors (Lipinski definition) is 10. The number of ether oxygens (including phenoxy) is 8. The molecule has 2 heterocycles. The second kappa shape index (κ2) is 21.7. The molecule has 0 atom stereocenters. The molecule has 0 bridgehead atoms. The van der Waals surface area contributed by atoms with E-state index in [0.717, 1.165) is 40.2 Å². The van der Waals surface area contributed by atoms with Gasteiger partial charge in [0.05, 0.1) is 78.5 Å². The predicted molar refractivity (Wildman–Crippen MR) is 198 cm³/mol. The number of benzene rings is 2. The fourth-order valence-corrected chi connectivity index (χ4v) is 5.47. The lowest BCUT2D eigenvalue weighted by atomic mass is 9.96. The highest BCUT2D eigenvalue weighted by Gasteiger charge is 2.14. The van der Waals surface area contributed by atoms with Crippen LogP contribution in [-0.2, 0) is 28.4 Å². The summed E-state index contributed by atoms with van der Waals surface area (Å²) < 4.78 is 44.1. The lowest BCUT2D eigenvalue weighted by Gasteiger charge is -2.13. The molecule has 270 valence electrons. The van der Waals surface area contributed by atoms with Crippen LogP contribution in [0.5, 0.6) is 11.5 Å². The molecule has 0 spiro atoms. The molecule has 5 rings (SSSR count). The van der Waals surface area contributed by atoms with Gasteiger partial charge in [0.2, 0.25) is 0 Å². The number of pyridine rings is 2. The number of methoxy groups -OCH3 is 2. The van der Waals surface area contributed by atoms with E-state index < -0.39 is 0 Å². The molecular weight excluding hydrogens is 648 g/mol. The Kier molecular flexibility index (Phi) is 16.1. The third kappa shape index (κ3) is 12.1. The third-order valence-corrected chi connectivity index (χ3v) is 8.15. The van der Waals surface area contributed by atoms with Crippen molar-refractivity contribution in [3.63, 3.8) is 0 Å². The number of hydrogen-bond donors (Lipinski definition) is 0. The van der Waals surface area contributed by atoms with E-state index in [-0.39, 0.29) is 0 Å². The Bertz CT molecular complexity index is 1530. The van der Waals surface area contributed by atoms with Crippen molar-refractivity contribution >= 4 is 11.1 Å². The molecule has 1 aliphatic rings. The summed E-state index contributed by atoms with van der Waals surface area (Å²) in [4.78, 5) is 8.54. The zero-order valence-corrected chi connectivity index (χ0v) is 29.6. The van der Waals surface area contributed by atoms with Crippen LogP contribution in [0.3, 0.4) is 0 Å². The molecule has 0 aliphatic heterocycles. The molecule has 0 amide bonds. The molecule has 10 nitrogen and oxygen atoms in total. The van der Waals surface area contributed by atoms with Gasteiger partial charge < -0.3 is 37.9 Å². The first-order valence-electron chi connectivity index (χ1n) is 17.3. The first-order valence-corrected chi connectivity index (χ1v) is 17.3. The zero-order valence-electron chi connectivity index (χ0n) is 29.6. The Labute approximate surface area is 300 Å². The average molecular weight is 697 g/mol. The van der Waals surface area contributed by atoms with Crippen molar-refractivity contribution in [2.45, 2.75) is 6.42 Å². The van der Waals surface area contributed by atoms with Crippen molar-refractivity contribution in [3.05, 3.63) is 109 Å². The molecule has 1 aliphatic carbocycles. The van der Waals surface area contributed by atoms with Gasteiger partial charge in [-0.1, -0.05) is 60.7 Å². The highest BCUT2D eigenvalue weighted by molar-refractivity contribution is 5.87. The standard InChI is InChI=1S/C41H48N2O8/c1-44-17-19-46-21-23-48-25-27-50-40-30-42-15-13-38(40)34-7-3-32(4-8-34)36-11-12-37(29-36)33-5-9-35(10-6-33)39-14-16-43-31-41(39)51-28-26-49-24-22-47-20-18-45-2/h3-16,30-31H,17-29H2,1-2H3. The van der Waals surface area contributed by atoms with Crippen LogP contribution in [-0.4, -0.2) is 103 Å². The monoisotopic (exact) mass is 696 g/mol. The number of aromatic nitrogens is 2. The van der Waals surface area contributed by atoms with E-state index in [4.69, 9.17) is 37.9 Å². The van der Waals surface area contributed by atoms with E-state index in [1.54, 1.807) is 39.0 Å². The fourth-order valence-electron chi connectivity index (χ4n) is 5.47. The number of rotatable bonds is 24. The van der Waals surface area contributed by atoms with Gasteiger partial charge in [-0.15, -0.1) is 0 Å². The number of allylic oxidation sites excluding steroid dienone is 4. The fraction of sp³-hybridized carbons (Fsp3) is 0.366. The molecule has 10 heteroatoms. The second-order valence-corrected chi connectivity index (χ2v) is 11.6. The molecule has 0 saturated heterocycles. The van der Waals surface area contributed by atoms with E-state index in [1.807, 2.05) is 12.1 Å². The zero-order chi connectivity index (χ0) is 35.4. The van der Waals surface area contributed by atoms with Gasteiger partial charge in [-0.25, -0.2) is 0 Å². The first-order chi connectivity index (χ1) is 25.3. The van der Waals surface area contributed by atoms with Crippen molar-refractivity contribution in [1.29, 1.82) is 0 Å². The van der Waals surface area contributed by atoms with Crippen molar-refractivity contribution in [1.82, 2.24) is 9.97 Å². The molecule has 0 unspecified atom stereocenters. The average Bonchev–Trinajstić information content (AvgIpc) is 3.68. The summed E-state index contributed by atoms with van der Waals surface area (Å²) in [5.41, 5.74) is 9.08. The summed E-state index contributed by atoms with van der Waals surface area (Å²) in [6.45, 7) is 6.16. The lowest BCUT2D eigenvalue weighted by Crippen LogP contribution is -2.12. The van der Waals surface area contributed by atoms with Gasteiger partial charge in [-0.2, -0.15) is 0 Å². The maximum atomic E-state index is 6.03. The van der Waals surface area contributed by atoms with Gasteiger partial charge in [0, 0.05) is 37.7 Å². The molecule has 0 saturated carbocycles. The molecule has 0 radical (unpaired) electrons. The van der Waals surface area contributed by atoms with Crippen LogP contribution in [0.4, 0.5) is 0 Å². The third-order valence-electron chi connectivity index (χ3n) is 8.15. The van der Waals surface area contributed by atoms with E-state index in [2.05, 4.69) is 70.7 Å². The second-order valence-electron chi connectivity index (χ2n) is 11.6. The minimum Gasteiger partial charge on any atom is -0.489 e. The van der Waals surface area contributed by atoms with Gasteiger partial charge >= 0.3 is 0 Å². The van der Waals surface area contributed by atoms with Crippen molar-refractivity contribution in [3.8, 4) is 33.8 Å². The smallest absolute Gasteiger partial charge is 0.145 e. The minimum absolute atomic E-state index is 0.428. The largest absolute Gasteiger partial charge is 0.489 e. The lowest BCUT2D eigenvalue weighted by molar-refractivity contribution is 0.0180. The van der Waals surface area contributed by atoms with Gasteiger partial charge in [0.1, 0.15) is 24.7 Å². The predicted octanol–water partition coefficient (Wildman–Crippen LogP) is 6.80. The van der Waals surface area contributed by atoms with Gasteiger partial charge in [-0.3, -0.25) is 9.97 Å². The van der Waals surface area contributed by atoms with Gasteiger partial charge in [0.25, 0.3) is 0 Å². The van der Waals surface area contributed by atoms with E-state index in [9.17, 15) is 0 Å². The normalized spacial score (nSPS) is 12.5. The van der Waals surface area contributed by atoms with Gasteiger partial charge in [0.15, 0.2) is 0 Å². The van der Waals surface area contributed by atoms with Crippen molar-refractivity contribution < 1.29 is 37.9 Å². The van der Waals surface area contributed by atoms with Crippen LogP contribution >= 0.6 is 0 Å².